The zero-order chi connectivity index (χ0) is 10.9. The van der Waals surface area contributed by atoms with Crippen molar-refractivity contribution in [3.63, 3.8) is 0 Å². The van der Waals surface area contributed by atoms with Crippen molar-refractivity contribution in [3.8, 4) is 0 Å². The Hall–Kier alpha value is -1.90. The van der Waals surface area contributed by atoms with Gasteiger partial charge in [0.2, 0.25) is 5.88 Å². The minimum atomic E-state index is 0.325. The second-order valence-corrected chi connectivity index (χ2v) is 2.87. The Morgan fingerprint density at radius 2 is 2.07 bits per heavy atom. The molecule has 1 rings (SSSR count). The standard InChI is InChI=1S/C12H14N2O/c1-11-7-6-9-13-8-4-3-5-10-14-12(2)15-11/h3,5-7,9-10H,1-2,4,8H2/b5-3-,7-6-,13-9?,14-10?. The molecule has 78 valence electrons. The maximum atomic E-state index is 5.19. The van der Waals surface area contributed by atoms with Crippen LogP contribution in [0.4, 0.5) is 0 Å². The summed E-state index contributed by atoms with van der Waals surface area (Å²) in [4.78, 5) is 8.14. The van der Waals surface area contributed by atoms with Crippen LogP contribution in [0.25, 0.3) is 0 Å². The van der Waals surface area contributed by atoms with Crippen molar-refractivity contribution in [1.29, 1.82) is 0 Å². The first-order valence-electron chi connectivity index (χ1n) is 4.70. The van der Waals surface area contributed by atoms with Crippen LogP contribution in [0.3, 0.4) is 0 Å². The lowest BCUT2D eigenvalue weighted by molar-refractivity contribution is 0.321. The summed E-state index contributed by atoms with van der Waals surface area (Å²) in [6.45, 7) is 8.09. The molecule has 0 aromatic rings. The van der Waals surface area contributed by atoms with Gasteiger partial charge < -0.3 is 4.74 Å². The van der Waals surface area contributed by atoms with Gasteiger partial charge in [0.1, 0.15) is 5.76 Å². The quantitative estimate of drug-likeness (QED) is 0.594. The highest BCUT2D eigenvalue weighted by Gasteiger charge is 1.91. The van der Waals surface area contributed by atoms with Gasteiger partial charge >= 0.3 is 0 Å². The van der Waals surface area contributed by atoms with Crippen LogP contribution in [0.5, 0.6) is 0 Å². The molecule has 0 saturated carbocycles. The van der Waals surface area contributed by atoms with E-state index in [9.17, 15) is 0 Å². The summed E-state index contributed by atoms with van der Waals surface area (Å²) in [7, 11) is 0. The molecule has 0 bridgehead atoms. The number of allylic oxidation sites excluding steroid dienone is 3. The number of hydrogen-bond acceptors (Lipinski definition) is 3. The molecule has 0 spiro atoms. The monoisotopic (exact) mass is 202 g/mol. The Kier molecular flexibility index (Phi) is 4.87. The molecule has 1 aliphatic heterocycles. The topological polar surface area (TPSA) is 34.0 Å². The van der Waals surface area contributed by atoms with Gasteiger partial charge in [-0.1, -0.05) is 12.7 Å². The molecule has 3 heteroatoms. The van der Waals surface area contributed by atoms with Gasteiger partial charge in [0.15, 0.2) is 0 Å². The summed E-state index contributed by atoms with van der Waals surface area (Å²) in [5.74, 6) is 0.817. The highest BCUT2D eigenvalue weighted by atomic mass is 16.5. The molecule has 1 heterocycles. The molecule has 0 fully saturated rings. The van der Waals surface area contributed by atoms with Crippen molar-refractivity contribution in [3.05, 3.63) is 49.1 Å². The SMILES string of the molecule is C=C1/C=C\C=NCC/C=C\C=NC(=C)O1. The predicted octanol–water partition coefficient (Wildman–Crippen LogP) is 2.65. The molecule has 0 aromatic carbocycles. The van der Waals surface area contributed by atoms with Crippen molar-refractivity contribution >= 4 is 12.4 Å². The fourth-order valence-electron chi connectivity index (χ4n) is 0.930. The van der Waals surface area contributed by atoms with Crippen LogP contribution in [0.15, 0.2) is 59.1 Å². The molecule has 1 aliphatic rings. The maximum absolute atomic E-state index is 5.19. The van der Waals surface area contributed by atoms with Gasteiger partial charge in [-0.15, -0.1) is 0 Å². The second kappa shape index (κ2) is 6.54. The van der Waals surface area contributed by atoms with E-state index in [0.29, 0.717) is 11.6 Å². The van der Waals surface area contributed by atoms with Gasteiger partial charge in [-0.3, -0.25) is 4.99 Å². The van der Waals surface area contributed by atoms with Crippen molar-refractivity contribution in [2.24, 2.45) is 9.98 Å². The van der Waals surface area contributed by atoms with E-state index in [1.807, 2.05) is 12.2 Å². The third-order valence-electron chi connectivity index (χ3n) is 1.59. The van der Waals surface area contributed by atoms with Gasteiger partial charge in [0, 0.05) is 19.0 Å². The van der Waals surface area contributed by atoms with Crippen molar-refractivity contribution in [1.82, 2.24) is 0 Å². The minimum absolute atomic E-state index is 0.325. The normalized spacial score (nSPS) is 22.1. The number of hydrogen-bond donors (Lipinski definition) is 0. The summed E-state index contributed by atoms with van der Waals surface area (Å²) in [6, 6.07) is 0. The average molecular weight is 202 g/mol. The summed E-state index contributed by atoms with van der Waals surface area (Å²) >= 11 is 0. The van der Waals surface area contributed by atoms with Gasteiger partial charge in [-0.2, -0.15) is 0 Å². The molecule has 0 saturated heterocycles. The minimum Gasteiger partial charge on any atom is -0.440 e. The van der Waals surface area contributed by atoms with Crippen LogP contribution >= 0.6 is 0 Å². The van der Waals surface area contributed by atoms with Crippen LogP contribution in [0.1, 0.15) is 6.42 Å². The first-order chi connectivity index (χ1) is 7.29. The number of rotatable bonds is 0. The summed E-state index contributed by atoms with van der Waals surface area (Å²) in [5, 5.41) is 0. The zero-order valence-corrected chi connectivity index (χ0v) is 8.60. The van der Waals surface area contributed by atoms with Crippen LogP contribution in [0.2, 0.25) is 0 Å². The maximum Gasteiger partial charge on any atom is 0.211 e. The third-order valence-corrected chi connectivity index (χ3v) is 1.59. The lowest BCUT2D eigenvalue weighted by Crippen LogP contribution is -1.85. The molecule has 0 N–H and O–H groups in total. The molecule has 0 radical (unpaired) electrons. The molecule has 0 aromatic heterocycles. The fraction of sp³-hybridized carbons (Fsp3) is 0.167. The van der Waals surface area contributed by atoms with Gasteiger partial charge in [-0.05, 0) is 31.2 Å². The number of aliphatic imine (C=N–C) groups is 2. The predicted molar refractivity (Wildman–Crippen MR) is 64.1 cm³/mol. The first kappa shape index (κ1) is 11.2. The number of nitrogens with zero attached hydrogens (tertiary/aromatic N) is 2. The van der Waals surface area contributed by atoms with Crippen molar-refractivity contribution in [2.75, 3.05) is 6.54 Å². The summed E-state index contributed by atoms with van der Waals surface area (Å²) in [5.41, 5.74) is 0. The Bertz CT molecular complexity index is 315. The van der Waals surface area contributed by atoms with E-state index in [1.54, 1.807) is 24.6 Å². The van der Waals surface area contributed by atoms with Crippen LogP contribution in [0, 0.1) is 0 Å². The van der Waals surface area contributed by atoms with E-state index in [4.69, 9.17) is 4.74 Å². The summed E-state index contributed by atoms with van der Waals surface area (Å²) < 4.78 is 5.19. The van der Waals surface area contributed by atoms with Crippen molar-refractivity contribution in [2.45, 2.75) is 6.42 Å². The lowest BCUT2D eigenvalue weighted by atomic mass is 10.4. The molecule has 3 nitrogen and oxygen atoms in total. The Labute approximate surface area is 89.9 Å². The Balaban J connectivity index is 2.68. The molecular formula is C12H14N2O. The average Bonchev–Trinajstić information content (AvgIpc) is 2.21. The molecule has 0 aliphatic carbocycles. The molecule has 0 atom stereocenters. The Morgan fingerprint density at radius 3 is 2.93 bits per heavy atom. The van der Waals surface area contributed by atoms with Gasteiger partial charge in [-0.25, -0.2) is 4.99 Å². The molecular weight excluding hydrogens is 188 g/mol. The second-order valence-electron chi connectivity index (χ2n) is 2.87. The largest absolute Gasteiger partial charge is 0.440 e. The molecule has 0 unspecified atom stereocenters. The van der Waals surface area contributed by atoms with Crippen molar-refractivity contribution < 1.29 is 4.74 Å². The zero-order valence-electron chi connectivity index (χ0n) is 8.60. The molecule has 15 heavy (non-hydrogen) atoms. The van der Waals surface area contributed by atoms with E-state index in [0.717, 1.165) is 13.0 Å². The van der Waals surface area contributed by atoms with E-state index >= 15 is 0 Å². The Morgan fingerprint density at radius 1 is 1.20 bits per heavy atom. The van der Waals surface area contributed by atoms with E-state index < -0.39 is 0 Å². The fourth-order valence-corrected chi connectivity index (χ4v) is 0.930. The third kappa shape index (κ3) is 5.41. The van der Waals surface area contributed by atoms with E-state index in [1.165, 1.54) is 0 Å². The lowest BCUT2D eigenvalue weighted by Gasteiger charge is -2.01. The van der Waals surface area contributed by atoms with Crippen LogP contribution < -0.4 is 0 Å². The van der Waals surface area contributed by atoms with Crippen LogP contribution in [-0.4, -0.2) is 19.0 Å². The highest BCUT2D eigenvalue weighted by Crippen LogP contribution is 2.04. The number of ether oxygens (including phenoxy) is 1. The highest BCUT2D eigenvalue weighted by molar-refractivity contribution is 5.72. The summed E-state index contributed by atoms with van der Waals surface area (Å²) in [6.07, 6.45) is 11.6. The van der Waals surface area contributed by atoms with Gasteiger partial charge in [0.05, 0.1) is 0 Å². The smallest absolute Gasteiger partial charge is 0.211 e. The van der Waals surface area contributed by atoms with E-state index in [2.05, 4.69) is 23.1 Å². The first-order valence-corrected chi connectivity index (χ1v) is 4.70. The van der Waals surface area contributed by atoms with Crippen LogP contribution in [-0.2, 0) is 4.74 Å². The van der Waals surface area contributed by atoms with E-state index in [-0.39, 0.29) is 0 Å². The molecule has 0 amide bonds. The van der Waals surface area contributed by atoms with Gasteiger partial charge in [0.25, 0.3) is 0 Å².